The van der Waals surface area contributed by atoms with Gasteiger partial charge in [0.05, 0.1) is 7.11 Å². The van der Waals surface area contributed by atoms with Crippen molar-refractivity contribution in [2.24, 2.45) is 0 Å². The molecule has 0 aliphatic rings. The van der Waals surface area contributed by atoms with Crippen LogP contribution in [-0.2, 0) is 4.74 Å². The van der Waals surface area contributed by atoms with Crippen molar-refractivity contribution in [1.82, 2.24) is 9.59 Å². The lowest BCUT2D eigenvalue weighted by Crippen LogP contribution is -2.04. The van der Waals surface area contributed by atoms with Crippen LogP contribution in [0, 0.1) is 12.3 Å². The average Bonchev–Trinajstić information content (AvgIpc) is 2.94. The Kier molecular flexibility index (Phi) is 4.11. The molecular weight excluding hydrogens is 264 g/mol. The second kappa shape index (κ2) is 5.98. The summed E-state index contributed by atoms with van der Waals surface area (Å²) in [5.41, 5.74) is 1.25. The highest BCUT2D eigenvalue weighted by atomic mass is 32.1. The Hall–Kier alpha value is -2.39. The molecule has 5 nitrogen and oxygen atoms in total. The number of carbonyl (C=O) groups excluding carboxylic acids is 1. The Morgan fingerprint density at radius 1 is 1.42 bits per heavy atom. The standard InChI is InChI=1S/C13H10N2O3S/c1-3-8-18-13(16)12-11(14-15-19-12)9-4-6-10(17-2)7-5-9/h1,4-7H,8H2,2H3. The van der Waals surface area contributed by atoms with Gasteiger partial charge in [-0.15, -0.1) is 11.5 Å². The van der Waals surface area contributed by atoms with Crippen molar-refractivity contribution in [3.8, 4) is 29.4 Å². The van der Waals surface area contributed by atoms with Gasteiger partial charge in [-0.3, -0.25) is 0 Å². The second-order valence-corrected chi connectivity index (χ2v) is 4.21. The number of hydrogen-bond acceptors (Lipinski definition) is 6. The van der Waals surface area contributed by atoms with Gasteiger partial charge in [0.25, 0.3) is 0 Å². The number of esters is 1. The SMILES string of the molecule is C#CCOC(=O)c1snnc1-c1ccc(OC)cc1. The van der Waals surface area contributed by atoms with Crippen LogP contribution in [0.5, 0.6) is 5.75 Å². The molecule has 0 saturated carbocycles. The fourth-order valence-corrected chi connectivity index (χ4v) is 2.02. The monoisotopic (exact) mass is 274 g/mol. The van der Waals surface area contributed by atoms with E-state index in [2.05, 4.69) is 15.5 Å². The zero-order valence-corrected chi connectivity index (χ0v) is 10.9. The Bertz CT molecular complexity index is 614. The molecule has 1 aromatic carbocycles. The lowest BCUT2D eigenvalue weighted by atomic mass is 10.1. The van der Waals surface area contributed by atoms with E-state index in [0.29, 0.717) is 10.6 Å². The molecule has 0 aliphatic carbocycles. The highest BCUT2D eigenvalue weighted by Gasteiger charge is 2.18. The molecule has 19 heavy (non-hydrogen) atoms. The first-order valence-electron chi connectivity index (χ1n) is 5.33. The van der Waals surface area contributed by atoms with Crippen molar-refractivity contribution >= 4 is 17.5 Å². The molecule has 0 N–H and O–H groups in total. The van der Waals surface area contributed by atoms with Gasteiger partial charge in [-0.2, -0.15) is 0 Å². The van der Waals surface area contributed by atoms with Gasteiger partial charge < -0.3 is 9.47 Å². The average molecular weight is 274 g/mol. The zero-order valence-electron chi connectivity index (χ0n) is 10.1. The van der Waals surface area contributed by atoms with Gasteiger partial charge in [0.2, 0.25) is 0 Å². The van der Waals surface area contributed by atoms with Crippen LogP contribution in [0.4, 0.5) is 0 Å². The third-order valence-electron chi connectivity index (χ3n) is 2.32. The molecule has 0 spiro atoms. The van der Waals surface area contributed by atoms with E-state index in [1.807, 2.05) is 0 Å². The van der Waals surface area contributed by atoms with E-state index in [1.165, 1.54) is 0 Å². The predicted molar refractivity (Wildman–Crippen MR) is 71.0 cm³/mol. The van der Waals surface area contributed by atoms with E-state index in [-0.39, 0.29) is 6.61 Å². The Morgan fingerprint density at radius 2 is 2.16 bits per heavy atom. The largest absolute Gasteiger partial charge is 0.497 e. The van der Waals surface area contributed by atoms with Crippen LogP contribution in [-0.4, -0.2) is 29.3 Å². The molecule has 0 radical (unpaired) electrons. The van der Waals surface area contributed by atoms with E-state index < -0.39 is 5.97 Å². The number of rotatable bonds is 4. The molecule has 0 amide bonds. The Labute approximate surface area is 114 Å². The summed E-state index contributed by atoms with van der Waals surface area (Å²) in [6, 6.07) is 7.16. The topological polar surface area (TPSA) is 61.3 Å². The number of terminal acetylenes is 1. The quantitative estimate of drug-likeness (QED) is 0.630. The van der Waals surface area contributed by atoms with Gasteiger partial charge in [-0.05, 0) is 35.8 Å². The molecule has 6 heteroatoms. The number of carbonyl (C=O) groups is 1. The van der Waals surface area contributed by atoms with Gasteiger partial charge in [0.15, 0.2) is 11.5 Å². The van der Waals surface area contributed by atoms with E-state index in [4.69, 9.17) is 15.9 Å². The number of methoxy groups -OCH3 is 1. The highest BCUT2D eigenvalue weighted by Crippen LogP contribution is 2.26. The molecular formula is C13H10N2O3S. The maximum absolute atomic E-state index is 11.8. The summed E-state index contributed by atoms with van der Waals surface area (Å²) in [7, 11) is 1.59. The third kappa shape index (κ3) is 2.89. The number of hydrogen-bond donors (Lipinski definition) is 0. The van der Waals surface area contributed by atoms with Crippen LogP contribution < -0.4 is 4.74 Å². The molecule has 1 heterocycles. The zero-order chi connectivity index (χ0) is 13.7. The first-order chi connectivity index (χ1) is 9.26. The lowest BCUT2D eigenvalue weighted by Gasteiger charge is -2.02. The van der Waals surface area contributed by atoms with E-state index in [9.17, 15) is 4.79 Å². The van der Waals surface area contributed by atoms with E-state index in [0.717, 1.165) is 22.8 Å². The van der Waals surface area contributed by atoms with Gasteiger partial charge in [0, 0.05) is 5.56 Å². The minimum atomic E-state index is -0.515. The molecule has 1 aromatic heterocycles. The molecule has 2 aromatic rings. The van der Waals surface area contributed by atoms with Crippen molar-refractivity contribution < 1.29 is 14.3 Å². The number of aromatic nitrogens is 2. The summed E-state index contributed by atoms with van der Waals surface area (Å²) in [4.78, 5) is 12.1. The van der Waals surface area contributed by atoms with Crippen molar-refractivity contribution in [3.63, 3.8) is 0 Å². The molecule has 96 valence electrons. The molecule has 0 aliphatic heterocycles. The van der Waals surface area contributed by atoms with Crippen molar-refractivity contribution in [2.75, 3.05) is 13.7 Å². The fraction of sp³-hybridized carbons (Fsp3) is 0.154. The maximum atomic E-state index is 11.8. The van der Waals surface area contributed by atoms with Crippen molar-refractivity contribution in [1.29, 1.82) is 0 Å². The third-order valence-corrected chi connectivity index (χ3v) is 3.03. The number of nitrogens with zero attached hydrogens (tertiary/aromatic N) is 2. The molecule has 0 saturated heterocycles. The highest BCUT2D eigenvalue weighted by molar-refractivity contribution is 7.08. The summed E-state index contributed by atoms with van der Waals surface area (Å²) in [5, 5.41) is 3.95. The smallest absolute Gasteiger partial charge is 0.353 e. The van der Waals surface area contributed by atoms with E-state index in [1.54, 1.807) is 31.4 Å². The fourth-order valence-electron chi connectivity index (χ4n) is 1.44. The van der Waals surface area contributed by atoms with Crippen LogP contribution in [0.25, 0.3) is 11.3 Å². The maximum Gasteiger partial charge on any atom is 0.353 e. The Morgan fingerprint density at radius 3 is 2.79 bits per heavy atom. The van der Waals surface area contributed by atoms with Crippen LogP contribution in [0.1, 0.15) is 9.67 Å². The molecule has 0 unspecified atom stereocenters. The minimum Gasteiger partial charge on any atom is -0.497 e. The summed E-state index contributed by atoms with van der Waals surface area (Å²) in [6.07, 6.45) is 5.04. The predicted octanol–water partition coefficient (Wildman–Crippen LogP) is 2.00. The van der Waals surface area contributed by atoms with Gasteiger partial charge >= 0.3 is 5.97 Å². The number of ether oxygens (including phenoxy) is 2. The van der Waals surface area contributed by atoms with Crippen LogP contribution >= 0.6 is 11.5 Å². The van der Waals surface area contributed by atoms with Crippen LogP contribution in [0.3, 0.4) is 0 Å². The molecule has 2 rings (SSSR count). The van der Waals surface area contributed by atoms with Crippen molar-refractivity contribution in [3.05, 3.63) is 29.1 Å². The second-order valence-electron chi connectivity index (χ2n) is 3.46. The molecule has 0 bridgehead atoms. The lowest BCUT2D eigenvalue weighted by molar-refractivity contribution is 0.0563. The normalized spacial score (nSPS) is 9.68. The van der Waals surface area contributed by atoms with Gasteiger partial charge in [0.1, 0.15) is 11.4 Å². The minimum absolute atomic E-state index is 0.0706. The first-order valence-corrected chi connectivity index (χ1v) is 6.11. The van der Waals surface area contributed by atoms with Crippen LogP contribution in [0.2, 0.25) is 0 Å². The number of benzene rings is 1. The van der Waals surface area contributed by atoms with Crippen molar-refractivity contribution in [2.45, 2.75) is 0 Å². The summed E-state index contributed by atoms with van der Waals surface area (Å²) >= 11 is 0.977. The van der Waals surface area contributed by atoms with E-state index >= 15 is 0 Å². The molecule has 0 atom stereocenters. The Balaban J connectivity index is 2.28. The van der Waals surface area contributed by atoms with Crippen LogP contribution in [0.15, 0.2) is 24.3 Å². The summed E-state index contributed by atoms with van der Waals surface area (Å²) < 4.78 is 13.7. The summed E-state index contributed by atoms with van der Waals surface area (Å²) in [5.74, 6) is 2.45. The van der Waals surface area contributed by atoms with Gasteiger partial charge in [-0.1, -0.05) is 10.4 Å². The van der Waals surface area contributed by atoms with Gasteiger partial charge in [-0.25, -0.2) is 4.79 Å². The molecule has 0 fully saturated rings. The summed E-state index contributed by atoms with van der Waals surface area (Å²) in [6.45, 7) is -0.0706. The first kappa shape index (κ1) is 13.1.